The molecule has 0 unspecified atom stereocenters. The van der Waals surface area contributed by atoms with Crippen LogP contribution in [0, 0.1) is 11.6 Å². The smallest absolute Gasteiger partial charge is 0.159 e. The van der Waals surface area contributed by atoms with Crippen molar-refractivity contribution < 1.29 is 13.4 Å². The summed E-state index contributed by atoms with van der Waals surface area (Å²) in [7, 11) is 0. The number of rotatable bonds is 2. The van der Waals surface area contributed by atoms with Gasteiger partial charge in [-0.05, 0) is 40.6 Å². The van der Waals surface area contributed by atoms with Crippen molar-refractivity contribution >= 4 is 28.5 Å². The second-order valence-electron chi connectivity index (χ2n) is 3.79. The second-order valence-corrected chi connectivity index (χ2v) is 4.91. The van der Waals surface area contributed by atoms with E-state index < -0.39 is 11.6 Å². The molecule has 0 saturated carbocycles. The van der Waals surface area contributed by atoms with Gasteiger partial charge in [-0.1, -0.05) is 11.8 Å². The normalized spacial score (nSPS) is 11.1. The van der Waals surface area contributed by atoms with E-state index in [0.29, 0.717) is 26.5 Å². The largest absolute Gasteiger partial charge is 0.397 e. The summed E-state index contributed by atoms with van der Waals surface area (Å²) in [6.07, 6.45) is 0. The molecule has 3 aromatic rings. The van der Waals surface area contributed by atoms with Gasteiger partial charge in [0, 0.05) is 9.79 Å². The molecule has 3 rings (SSSR count). The van der Waals surface area contributed by atoms with E-state index in [9.17, 15) is 8.78 Å². The molecule has 0 aliphatic rings. The minimum atomic E-state index is -0.894. The lowest BCUT2D eigenvalue weighted by molar-refractivity contribution is 0.315. The topological polar surface area (TPSA) is 64.9 Å². The molecule has 19 heavy (non-hydrogen) atoms. The molecule has 1 heterocycles. The van der Waals surface area contributed by atoms with Crippen molar-refractivity contribution in [1.82, 2.24) is 10.3 Å². The van der Waals surface area contributed by atoms with Crippen LogP contribution in [0.4, 0.5) is 14.5 Å². The molecule has 0 radical (unpaired) electrons. The van der Waals surface area contributed by atoms with Crippen LogP contribution in [-0.4, -0.2) is 10.3 Å². The highest BCUT2D eigenvalue weighted by Gasteiger charge is 2.12. The molecule has 0 aliphatic carbocycles. The SMILES string of the molecule is Nc1ccc(Sc2ccc(F)c(F)c2)c2nonc12. The number of benzene rings is 2. The van der Waals surface area contributed by atoms with Crippen LogP contribution in [0.15, 0.2) is 44.8 Å². The van der Waals surface area contributed by atoms with Gasteiger partial charge < -0.3 is 5.73 Å². The third kappa shape index (κ3) is 2.12. The van der Waals surface area contributed by atoms with Gasteiger partial charge in [0.05, 0.1) is 5.69 Å². The molecule has 0 fully saturated rings. The fourth-order valence-electron chi connectivity index (χ4n) is 1.61. The van der Waals surface area contributed by atoms with Gasteiger partial charge in [0.2, 0.25) is 0 Å². The number of anilines is 1. The van der Waals surface area contributed by atoms with Crippen LogP contribution < -0.4 is 5.73 Å². The van der Waals surface area contributed by atoms with Crippen LogP contribution in [0.2, 0.25) is 0 Å². The van der Waals surface area contributed by atoms with Gasteiger partial charge in [-0.25, -0.2) is 13.4 Å². The van der Waals surface area contributed by atoms with Crippen molar-refractivity contribution in [2.24, 2.45) is 0 Å². The quantitative estimate of drug-likeness (QED) is 0.729. The average Bonchev–Trinajstić information content (AvgIpc) is 2.87. The molecule has 7 heteroatoms. The number of hydrogen-bond donors (Lipinski definition) is 1. The van der Waals surface area contributed by atoms with E-state index >= 15 is 0 Å². The number of nitrogen functional groups attached to an aromatic ring is 1. The minimum Gasteiger partial charge on any atom is -0.397 e. The molecule has 1 aromatic heterocycles. The Morgan fingerprint density at radius 2 is 1.79 bits per heavy atom. The van der Waals surface area contributed by atoms with Crippen LogP contribution in [0.25, 0.3) is 11.0 Å². The first-order valence-electron chi connectivity index (χ1n) is 5.29. The standard InChI is InChI=1S/C12H7F2N3OS/c13-7-2-1-6(5-8(7)14)19-10-4-3-9(15)11-12(10)17-18-16-11/h1-5H,15H2. The Labute approximate surface area is 110 Å². The first kappa shape index (κ1) is 11.9. The zero-order chi connectivity index (χ0) is 13.4. The highest BCUT2D eigenvalue weighted by molar-refractivity contribution is 7.99. The predicted octanol–water partition coefficient (Wildman–Crippen LogP) is 3.23. The molecule has 0 aliphatic heterocycles. The van der Waals surface area contributed by atoms with Crippen LogP contribution in [0.3, 0.4) is 0 Å². The van der Waals surface area contributed by atoms with E-state index in [2.05, 4.69) is 14.9 Å². The Morgan fingerprint density at radius 1 is 1.00 bits per heavy atom. The monoisotopic (exact) mass is 279 g/mol. The molecule has 0 spiro atoms. The zero-order valence-electron chi connectivity index (χ0n) is 9.43. The van der Waals surface area contributed by atoms with Gasteiger partial charge in [0.25, 0.3) is 0 Å². The van der Waals surface area contributed by atoms with Crippen molar-refractivity contribution in [3.8, 4) is 0 Å². The van der Waals surface area contributed by atoms with Crippen molar-refractivity contribution in [2.75, 3.05) is 5.73 Å². The predicted molar refractivity (Wildman–Crippen MR) is 66.7 cm³/mol. The Morgan fingerprint density at radius 3 is 2.58 bits per heavy atom. The van der Waals surface area contributed by atoms with Gasteiger partial charge in [0.1, 0.15) is 0 Å². The third-order valence-electron chi connectivity index (χ3n) is 2.53. The molecule has 2 aromatic carbocycles. The number of fused-ring (bicyclic) bond motifs is 1. The average molecular weight is 279 g/mol. The maximum absolute atomic E-state index is 13.1. The van der Waals surface area contributed by atoms with Gasteiger partial charge in [-0.2, -0.15) is 0 Å². The summed E-state index contributed by atoms with van der Waals surface area (Å²) in [5.74, 6) is -1.77. The van der Waals surface area contributed by atoms with Gasteiger partial charge in [-0.15, -0.1) is 0 Å². The van der Waals surface area contributed by atoms with Gasteiger partial charge >= 0.3 is 0 Å². The van der Waals surface area contributed by atoms with E-state index in [1.807, 2.05) is 0 Å². The summed E-state index contributed by atoms with van der Waals surface area (Å²) in [6.45, 7) is 0. The fourth-order valence-corrected chi connectivity index (χ4v) is 2.53. The minimum absolute atomic E-state index is 0.450. The summed E-state index contributed by atoms with van der Waals surface area (Å²) >= 11 is 1.23. The number of nitrogens with two attached hydrogens (primary N) is 1. The highest BCUT2D eigenvalue weighted by Crippen LogP contribution is 2.34. The Bertz CT molecular complexity index is 760. The first-order chi connectivity index (χ1) is 9.15. The lowest BCUT2D eigenvalue weighted by atomic mass is 10.3. The van der Waals surface area contributed by atoms with E-state index in [1.165, 1.54) is 17.8 Å². The van der Waals surface area contributed by atoms with Gasteiger partial charge in [-0.3, -0.25) is 0 Å². The van der Waals surface area contributed by atoms with Crippen molar-refractivity contribution in [3.05, 3.63) is 42.0 Å². The van der Waals surface area contributed by atoms with E-state index in [-0.39, 0.29) is 0 Å². The van der Waals surface area contributed by atoms with Crippen molar-refractivity contribution in [2.45, 2.75) is 9.79 Å². The van der Waals surface area contributed by atoms with E-state index in [0.717, 1.165) is 12.1 Å². The van der Waals surface area contributed by atoms with Crippen LogP contribution in [-0.2, 0) is 0 Å². The number of nitrogens with zero attached hydrogens (tertiary/aromatic N) is 2. The molecule has 0 bridgehead atoms. The molecular weight excluding hydrogens is 272 g/mol. The molecular formula is C12H7F2N3OS. The Balaban J connectivity index is 2.03. The lowest BCUT2D eigenvalue weighted by Crippen LogP contribution is -1.88. The number of aromatic nitrogens is 2. The van der Waals surface area contributed by atoms with E-state index in [1.54, 1.807) is 12.1 Å². The van der Waals surface area contributed by atoms with Crippen LogP contribution in [0.1, 0.15) is 0 Å². The lowest BCUT2D eigenvalue weighted by Gasteiger charge is -2.03. The molecule has 0 saturated heterocycles. The highest BCUT2D eigenvalue weighted by atomic mass is 32.2. The maximum Gasteiger partial charge on any atom is 0.159 e. The van der Waals surface area contributed by atoms with Crippen LogP contribution in [0.5, 0.6) is 0 Å². The fraction of sp³-hybridized carbons (Fsp3) is 0. The third-order valence-corrected chi connectivity index (χ3v) is 3.57. The summed E-state index contributed by atoms with van der Waals surface area (Å²) < 4.78 is 30.6. The summed E-state index contributed by atoms with van der Waals surface area (Å²) in [4.78, 5) is 1.25. The summed E-state index contributed by atoms with van der Waals surface area (Å²) in [5.41, 5.74) is 7.12. The molecule has 2 N–H and O–H groups in total. The Kier molecular flexibility index (Phi) is 2.83. The zero-order valence-corrected chi connectivity index (χ0v) is 10.2. The molecule has 96 valence electrons. The molecule has 4 nitrogen and oxygen atoms in total. The second kappa shape index (κ2) is 4.51. The summed E-state index contributed by atoms with van der Waals surface area (Å²) in [6, 6.07) is 7.07. The first-order valence-corrected chi connectivity index (χ1v) is 6.10. The summed E-state index contributed by atoms with van der Waals surface area (Å²) in [5, 5.41) is 7.45. The van der Waals surface area contributed by atoms with Crippen molar-refractivity contribution in [1.29, 1.82) is 0 Å². The molecule has 0 atom stereocenters. The number of hydrogen-bond acceptors (Lipinski definition) is 5. The molecule has 0 amide bonds. The number of halogens is 2. The van der Waals surface area contributed by atoms with Crippen molar-refractivity contribution in [3.63, 3.8) is 0 Å². The Hall–Kier alpha value is -2.15. The van der Waals surface area contributed by atoms with Crippen LogP contribution >= 0.6 is 11.8 Å². The van der Waals surface area contributed by atoms with Gasteiger partial charge in [0.15, 0.2) is 22.7 Å². The maximum atomic E-state index is 13.1. The van der Waals surface area contributed by atoms with E-state index in [4.69, 9.17) is 5.73 Å².